The SMILES string of the molecule is NCc1cccc(CN2CCC(F)(F)C2)c1. The van der Waals surface area contributed by atoms with Gasteiger partial charge in [0.1, 0.15) is 0 Å². The number of nitrogens with two attached hydrogens (primary N) is 1. The van der Waals surface area contributed by atoms with Gasteiger partial charge in [-0.3, -0.25) is 4.90 Å². The Kier molecular flexibility index (Phi) is 3.21. The Balaban J connectivity index is 1.99. The first-order valence-electron chi connectivity index (χ1n) is 5.47. The number of nitrogens with zero attached hydrogens (tertiary/aromatic N) is 1. The molecule has 0 aliphatic carbocycles. The largest absolute Gasteiger partial charge is 0.326 e. The smallest absolute Gasteiger partial charge is 0.261 e. The second kappa shape index (κ2) is 4.47. The lowest BCUT2D eigenvalue weighted by molar-refractivity contribution is 0.0115. The highest BCUT2D eigenvalue weighted by Gasteiger charge is 2.37. The van der Waals surface area contributed by atoms with Crippen molar-refractivity contribution in [3.8, 4) is 0 Å². The van der Waals surface area contributed by atoms with E-state index in [9.17, 15) is 8.78 Å². The van der Waals surface area contributed by atoms with Crippen LogP contribution in [0.4, 0.5) is 8.78 Å². The van der Waals surface area contributed by atoms with Gasteiger partial charge in [-0.05, 0) is 11.1 Å². The zero-order valence-corrected chi connectivity index (χ0v) is 9.13. The molecule has 0 amide bonds. The molecule has 1 aromatic carbocycles. The third-order valence-corrected chi connectivity index (χ3v) is 2.88. The number of alkyl halides is 2. The van der Waals surface area contributed by atoms with E-state index in [1.54, 1.807) is 4.90 Å². The van der Waals surface area contributed by atoms with Crippen LogP contribution in [0.5, 0.6) is 0 Å². The monoisotopic (exact) mass is 226 g/mol. The fraction of sp³-hybridized carbons (Fsp3) is 0.500. The average molecular weight is 226 g/mol. The van der Waals surface area contributed by atoms with Crippen LogP contribution < -0.4 is 5.73 Å². The Bertz CT molecular complexity index is 366. The van der Waals surface area contributed by atoms with E-state index < -0.39 is 5.92 Å². The highest BCUT2D eigenvalue weighted by atomic mass is 19.3. The summed E-state index contributed by atoms with van der Waals surface area (Å²) in [7, 11) is 0. The second-order valence-corrected chi connectivity index (χ2v) is 4.34. The lowest BCUT2D eigenvalue weighted by atomic mass is 10.1. The minimum absolute atomic E-state index is 0.0242. The van der Waals surface area contributed by atoms with Crippen LogP contribution in [0.25, 0.3) is 0 Å². The van der Waals surface area contributed by atoms with Crippen LogP contribution in [-0.4, -0.2) is 23.9 Å². The van der Waals surface area contributed by atoms with E-state index in [1.165, 1.54) is 0 Å². The highest BCUT2D eigenvalue weighted by Crippen LogP contribution is 2.27. The predicted octanol–water partition coefficient (Wildman–Crippen LogP) is 1.99. The minimum atomic E-state index is -2.51. The number of hydrogen-bond acceptors (Lipinski definition) is 2. The van der Waals surface area contributed by atoms with Gasteiger partial charge in [0.2, 0.25) is 0 Å². The molecular formula is C12H16F2N2. The molecule has 1 saturated heterocycles. The number of rotatable bonds is 3. The third kappa shape index (κ3) is 2.77. The molecular weight excluding hydrogens is 210 g/mol. The molecule has 0 aromatic heterocycles. The number of hydrogen-bond donors (Lipinski definition) is 1. The molecule has 1 fully saturated rings. The predicted molar refractivity (Wildman–Crippen MR) is 59.2 cm³/mol. The van der Waals surface area contributed by atoms with Crippen molar-refractivity contribution < 1.29 is 8.78 Å². The summed E-state index contributed by atoms with van der Waals surface area (Å²) in [5.41, 5.74) is 7.64. The first-order valence-corrected chi connectivity index (χ1v) is 5.47. The Hall–Kier alpha value is -1.00. The second-order valence-electron chi connectivity index (χ2n) is 4.34. The molecule has 2 rings (SSSR count). The minimum Gasteiger partial charge on any atom is -0.326 e. The van der Waals surface area contributed by atoms with Crippen LogP contribution >= 0.6 is 0 Å². The van der Waals surface area contributed by atoms with E-state index in [0.717, 1.165) is 11.1 Å². The molecule has 2 nitrogen and oxygen atoms in total. The van der Waals surface area contributed by atoms with Crippen molar-refractivity contribution in [1.29, 1.82) is 0 Å². The third-order valence-electron chi connectivity index (χ3n) is 2.88. The van der Waals surface area contributed by atoms with Crippen molar-refractivity contribution in [2.45, 2.75) is 25.4 Å². The van der Waals surface area contributed by atoms with Crippen LogP contribution in [0.3, 0.4) is 0 Å². The van der Waals surface area contributed by atoms with Crippen LogP contribution in [0, 0.1) is 0 Å². The van der Waals surface area contributed by atoms with Gasteiger partial charge in [-0.25, -0.2) is 8.78 Å². The van der Waals surface area contributed by atoms with Crippen LogP contribution in [0.2, 0.25) is 0 Å². The maximum atomic E-state index is 13.0. The van der Waals surface area contributed by atoms with E-state index in [-0.39, 0.29) is 13.0 Å². The van der Waals surface area contributed by atoms with Gasteiger partial charge in [0.05, 0.1) is 6.54 Å². The van der Waals surface area contributed by atoms with Gasteiger partial charge in [-0.1, -0.05) is 24.3 Å². The molecule has 1 aliphatic heterocycles. The van der Waals surface area contributed by atoms with Gasteiger partial charge < -0.3 is 5.73 Å². The van der Waals surface area contributed by atoms with E-state index in [0.29, 0.717) is 19.6 Å². The Morgan fingerprint density at radius 2 is 2.06 bits per heavy atom. The molecule has 0 radical (unpaired) electrons. The van der Waals surface area contributed by atoms with E-state index in [1.807, 2.05) is 24.3 Å². The average Bonchev–Trinajstić information content (AvgIpc) is 2.58. The van der Waals surface area contributed by atoms with Gasteiger partial charge in [0.25, 0.3) is 5.92 Å². The zero-order chi connectivity index (χ0) is 11.6. The maximum absolute atomic E-state index is 13.0. The van der Waals surface area contributed by atoms with Crippen LogP contribution in [0.1, 0.15) is 17.5 Å². The highest BCUT2D eigenvalue weighted by molar-refractivity contribution is 5.23. The van der Waals surface area contributed by atoms with Crippen molar-refractivity contribution in [1.82, 2.24) is 4.90 Å². The summed E-state index contributed by atoms with van der Waals surface area (Å²) in [5, 5.41) is 0. The van der Waals surface area contributed by atoms with Crippen molar-refractivity contribution in [3.05, 3.63) is 35.4 Å². The maximum Gasteiger partial charge on any atom is 0.261 e. The summed E-state index contributed by atoms with van der Waals surface area (Å²) in [6.45, 7) is 1.42. The van der Waals surface area contributed by atoms with Crippen molar-refractivity contribution >= 4 is 0 Å². The lowest BCUT2D eigenvalue weighted by Gasteiger charge is -2.15. The molecule has 1 heterocycles. The topological polar surface area (TPSA) is 29.3 Å². The zero-order valence-electron chi connectivity index (χ0n) is 9.13. The summed E-state index contributed by atoms with van der Waals surface area (Å²) in [5.74, 6) is -2.51. The summed E-state index contributed by atoms with van der Waals surface area (Å²) in [6, 6.07) is 7.81. The van der Waals surface area contributed by atoms with Crippen molar-refractivity contribution in [2.75, 3.05) is 13.1 Å². The lowest BCUT2D eigenvalue weighted by Crippen LogP contribution is -2.24. The molecule has 0 atom stereocenters. The Morgan fingerprint density at radius 1 is 1.31 bits per heavy atom. The number of benzene rings is 1. The normalized spacial score (nSPS) is 20.2. The van der Waals surface area contributed by atoms with Gasteiger partial charge in [0.15, 0.2) is 0 Å². The van der Waals surface area contributed by atoms with Gasteiger partial charge in [-0.15, -0.1) is 0 Å². The molecule has 0 bridgehead atoms. The fourth-order valence-corrected chi connectivity index (χ4v) is 2.06. The first kappa shape index (κ1) is 11.5. The Labute approximate surface area is 94.0 Å². The van der Waals surface area contributed by atoms with Crippen molar-refractivity contribution in [3.63, 3.8) is 0 Å². The molecule has 4 heteroatoms. The molecule has 0 unspecified atom stereocenters. The Morgan fingerprint density at radius 3 is 2.69 bits per heavy atom. The van der Waals surface area contributed by atoms with Crippen molar-refractivity contribution in [2.24, 2.45) is 5.73 Å². The van der Waals surface area contributed by atoms with E-state index in [4.69, 9.17) is 5.73 Å². The quantitative estimate of drug-likeness (QED) is 0.854. The van der Waals surface area contributed by atoms with Gasteiger partial charge in [-0.2, -0.15) is 0 Å². The molecule has 0 spiro atoms. The van der Waals surface area contributed by atoms with E-state index >= 15 is 0 Å². The molecule has 1 aromatic rings. The van der Waals surface area contributed by atoms with E-state index in [2.05, 4.69) is 0 Å². The molecule has 2 N–H and O–H groups in total. The van der Waals surface area contributed by atoms with Gasteiger partial charge in [0, 0.05) is 26.1 Å². The van der Waals surface area contributed by atoms with Gasteiger partial charge >= 0.3 is 0 Å². The van der Waals surface area contributed by atoms with Crippen LogP contribution in [-0.2, 0) is 13.1 Å². The molecule has 16 heavy (non-hydrogen) atoms. The number of likely N-dealkylation sites (tertiary alicyclic amines) is 1. The summed E-state index contributed by atoms with van der Waals surface area (Å²) in [4.78, 5) is 1.79. The number of halogens is 2. The summed E-state index contributed by atoms with van der Waals surface area (Å²) in [6.07, 6.45) is -0.0242. The fourth-order valence-electron chi connectivity index (χ4n) is 2.06. The van der Waals surface area contributed by atoms with Crippen LogP contribution in [0.15, 0.2) is 24.3 Å². The first-order chi connectivity index (χ1) is 7.59. The molecule has 1 aliphatic rings. The standard InChI is InChI=1S/C12H16F2N2/c13-12(14)4-5-16(9-12)8-11-3-1-2-10(6-11)7-15/h1-3,6H,4-5,7-9,15H2. The molecule has 88 valence electrons. The summed E-state index contributed by atoms with van der Waals surface area (Å²) >= 11 is 0. The summed E-state index contributed by atoms with van der Waals surface area (Å²) < 4.78 is 26.0. The molecule has 0 saturated carbocycles.